The van der Waals surface area contributed by atoms with Crippen molar-refractivity contribution in [2.75, 3.05) is 6.61 Å². The van der Waals surface area contributed by atoms with Crippen molar-refractivity contribution in [1.29, 1.82) is 0 Å². The van der Waals surface area contributed by atoms with Gasteiger partial charge in [0.15, 0.2) is 12.4 Å². The van der Waals surface area contributed by atoms with E-state index in [9.17, 15) is 27.2 Å². The summed E-state index contributed by atoms with van der Waals surface area (Å²) in [6, 6.07) is 15.0. The van der Waals surface area contributed by atoms with Crippen LogP contribution in [0.2, 0.25) is 0 Å². The molecule has 0 amide bonds. The average molecular weight is 633 g/mol. The molecule has 3 aromatic carbocycles. The molecule has 226 valence electrons. The van der Waals surface area contributed by atoms with Crippen LogP contribution in [0, 0.1) is 12.7 Å². The zero-order chi connectivity index (χ0) is 31.7. The smallest absolute Gasteiger partial charge is 0.416 e. The molecule has 3 aromatic rings. The number of nitrogens with one attached hydrogen (secondary N) is 1. The Kier molecular flexibility index (Phi) is 11.5. The van der Waals surface area contributed by atoms with E-state index >= 15 is 0 Å². The Labute approximate surface area is 255 Å². The highest BCUT2D eigenvalue weighted by Crippen LogP contribution is 2.32. The first-order valence-corrected chi connectivity index (χ1v) is 14.0. The molecule has 0 saturated carbocycles. The van der Waals surface area contributed by atoms with Gasteiger partial charge in [0.25, 0.3) is 0 Å². The molecular weight excluding hydrogens is 604 g/mol. The van der Waals surface area contributed by atoms with Gasteiger partial charge < -0.3 is 20.9 Å². The van der Waals surface area contributed by atoms with Crippen molar-refractivity contribution in [3.8, 4) is 5.75 Å². The normalized spacial score (nSPS) is 12.9. The summed E-state index contributed by atoms with van der Waals surface area (Å²) >= 11 is 6.73. The lowest BCUT2D eigenvalue weighted by atomic mass is 10.1. The fourth-order valence-corrected chi connectivity index (χ4v) is 5.40. The maximum Gasteiger partial charge on any atom is 0.416 e. The molecule has 0 aliphatic carbocycles. The number of thioether (sulfide) groups is 1. The quantitative estimate of drug-likeness (QED) is 0.0858. The standard InChI is InChI=1S/C31H28F4N2O4S2/c1-18-13-25(11-12-28(18)41-17-29(39)40)43-26(15-24(38)16-27(36)20-5-9-23(32)10-6-20)14-19(2)37-30(42)21-3-7-22(8-4-21)31(33,34)35/h3-14,16,26H,15,17,36H2,1-2H3,(H,37,42)(H,39,40)/b19-14+,27-16?. The summed E-state index contributed by atoms with van der Waals surface area (Å²) in [6.07, 6.45) is -1.41. The predicted molar refractivity (Wildman–Crippen MR) is 162 cm³/mol. The predicted octanol–water partition coefficient (Wildman–Crippen LogP) is 6.91. The van der Waals surface area contributed by atoms with E-state index in [1.807, 2.05) is 0 Å². The van der Waals surface area contributed by atoms with Gasteiger partial charge in [0, 0.05) is 39.6 Å². The first-order chi connectivity index (χ1) is 20.2. The molecule has 43 heavy (non-hydrogen) atoms. The van der Waals surface area contributed by atoms with E-state index < -0.39 is 35.4 Å². The van der Waals surface area contributed by atoms with Gasteiger partial charge in [-0.05, 0) is 67.4 Å². The molecule has 0 spiro atoms. The molecule has 0 saturated heterocycles. The summed E-state index contributed by atoms with van der Waals surface area (Å²) in [7, 11) is 0. The second-order valence-corrected chi connectivity index (χ2v) is 11.1. The lowest BCUT2D eigenvalue weighted by Gasteiger charge is -2.16. The van der Waals surface area contributed by atoms with Crippen LogP contribution in [0.25, 0.3) is 5.70 Å². The van der Waals surface area contributed by atoms with Crippen LogP contribution in [0.3, 0.4) is 0 Å². The molecule has 4 N–H and O–H groups in total. The Hall–Kier alpha value is -4.16. The van der Waals surface area contributed by atoms with Gasteiger partial charge in [0.05, 0.1) is 5.56 Å². The number of nitrogens with two attached hydrogens (primary N) is 1. The molecule has 0 aliphatic heterocycles. The number of ether oxygens (including phenoxy) is 1. The number of allylic oxidation sites excluding steroid dienone is 2. The van der Waals surface area contributed by atoms with Crippen LogP contribution in [0.4, 0.5) is 17.6 Å². The number of benzene rings is 3. The molecule has 12 heteroatoms. The van der Waals surface area contributed by atoms with Crippen LogP contribution in [0.15, 0.2) is 89.5 Å². The van der Waals surface area contributed by atoms with E-state index in [2.05, 4.69) is 5.32 Å². The molecule has 3 rings (SSSR count). The van der Waals surface area contributed by atoms with Gasteiger partial charge in [0.2, 0.25) is 0 Å². The Morgan fingerprint density at radius 2 is 1.70 bits per heavy atom. The SMILES string of the molecule is C/C(=C\C(CC(=O)C=C(N)c1ccc(F)cc1)Sc1ccc(OCC(=O)O)c(C)c1)NC(=S)c1ccc(C(F)(F)F)cc1. The number of carbonyl (C=O) groups excluding carboxylic acids is 1. The van der Waals surface area contributed by atoms with E-state index in [4.69, 9.17) is 27.8 Å². The lowest BCUT2D eigenvalue weighted by Crippen LogP contribution is -2.22. The van der Waals surface area contributed by atoms with E-state index in [1.165, 1.54) is 54.2 Å². The minimum atomic E-state index is -4.46. The number of rotatable bonds is 12. The van der Waals surface area contributed by atoms with E-state index in [-0.39, 0.29) is 22.9 Å². The number of aliphatic carboxylic acids is 1. The molecule has 0 heterocycles. The fourth-order valence-electron chi connectivity index (χ4n) is 3.84. The van der Waals surface area contributed by atoms with Crippen LogP contribution in [-0.4, -0.2) is 33.7 Å². The van der Waals surface area contributed by atoms with Gasteiger partial charge in [-0.25, -0.2) is 9.18 Å². The summed E-state index contributed by atoms with van der Waals surface area (Å²) in [5.41, 5.74) is 7.58. The first-order valence-electron chi connectivity index (χ1n) is 12.8. The van der Waals surface area contributed by atoms with Crippen molar-refractivity contribution < 1.29 is 37.0 Å². The summed E-state index contributed by atoms with van der Waals surface area (Å²) in [4.78, 5) is 24.8. The Bertz CT molecular complexity index is 1540. The Balaban J connectivity index is 1.81. The maximum absolute atomic E-state index is 13.3. The second kappa shape index (κ2) is 14.8. The van der Waals surface area contributed by atoms with Crippen molar-refractivity contribution in [3.63, 3.8) is 0 Å². The van der Waals surface area contributed by atoms with Crippen LogP contribution in [0.1, 0.15) is 35.6 Å². The minimum absolute atomic E-state index is 0.00887. The highest BCUT2D eigenvalue weighted by atomic mass is 32.2. The molecule has 6 nitrogen and oxygen atoms in total. The van der Waals surface area contributed by atoms with Gasteiger partial charge >= 0.3 is 12.1 Å². The molecule has 0 radical (unpaired) electrons. The largest absolute Gasteiger partial charge is 0.482 e. The third-order valence-electron chi connectivity index (χ3n) is 5.90. The highest BCUT2D eigenvalue weighted by molar-refractivity contribution is 8.00. The zero-order valence-corrected chi connectivity index (χ0v) is 24.7. The highest BCUT2D eigenvalue weighted by Gasteiger charge is 2.30. The number of alkyl halides is 3. The lowest BCUT2D eigenvalue weighted by molar-refractivity contribution is -0.139. The van der Waals surface area contributed by atoms with Crippen LogP contribution < -0.4 is 15.8 Å². The molecule has 0 fully saturated rings. The molecule has 0 aromatic heterocycles. The maximum atomic E-state index is 13.3. The summed E-state index contributed by atoms with van der Waals surface area (Å²) in [5, 5.41) is 11.4. The van der Waals surface area contributed by atoms with Crippen LogP contribution in [0.5, 0.6) is 5.75 Å². The average Bonchev–Trinajstić information content (AvgIpc) is 2.92. The Morgan fingerprint density at radius 1 is 1.07 bits per heavy atom. The van der Waals surface area contributed by atoms with Gasteiger partial charge in [-0.3, -0.25) is 4.79 Å². The third-order valence-corrected chi connectivity index (χ3v) is 7.37. The summed E-state index contributed by atoms with van der Waals surface area (Å²) in [5.74, 6) is -1.43. The molecule has 1 atom stereocenters. The number of carboxylic acid groups (broad SMARTS) is 1. The molecule has 0 bridgehead atoms. The number of halogens is 4. The molecular formula is C31H28F4N2O4S2. The third kappa shape index (κ3) is 10.6. The monoisotopic (exact) mass is 632 g/mol. The number of carboxylic acids is 1. The summed E-state index contributed by atoms with van der Waals surface area (Å²) < 4.78 is 57.3. The van der Waals surface area contributed by atoms with Crippen molar-refractivity contribution in [2.24, 2.45) is 5.73 Å². The van der Waals surface area contributed by atoms with Crippen LogP contribution >= 0.6 is 24.0 Å². The van der Waals surface area contributed by atoms with Crippen molar-refractivity contribution in [1.82, 2.24) is 5.32 Å². The number of hydrogen-bond acceptors (Lipinski definition) is 6. The van der Waals surface area contributed by atoms with Crippen LogP contribution in [-0.2, 0) is 15.8 Å². The number of aryl methyl sites for hydroxylation is 1. The second-order valence-electron chi connectivity index (χ2n) is 9.42. The van der Waals surface area contributed by atoms with Crippen molar-refractivity contribution >= 4 is 46.4 Å². The molecule has 1 unspecified atom stereocenters. The van der Waals surface area contributed by atoms with Gasteiger partial charge in [-0.15, -0.1) is 11.8 Å². The number of ketones is 1. The Morgan fingerprint density at radius 3 is 2.28 bits per heavy atom. The van der Waals surface area contributed by atoms with Crippen molar-refractivity contribution in [2.45, 2.75) is 36.6 Å². The first kappa shape index (κ1) is 33.3. The fraction of sp³-hybridized carbons (Fsp3) is 0.194. The van der Waals surface area contributed by atoms with Gasteiger partial charge in [-0.2, -0.15) is 13.2 Å². The number of carbonyl (C=O) groups is 2. The molecule has 0 aliphatic rings. The minimum Gasteiger partial charge on any atom is -0.482 e. The van der Waals surface area contributed by atoms with E-state index in [1.54, 1.807) is 38.1 Å². The van der Waals surface area contributed by atoms with Crippen molar-refractivity contribution in [3.05, 3.63) is 113 Å². The summed E-state index contributed by atoms with van der Waals surface area (Å²) in [6.45, 7) is 2.99. The topological polar surface area (TPSA) is 102 Å². The number of hydrogen-bond donors (Lipinski definition) is 3. The van der Waals surface area contributed by atoms with Gasteiger partial charge in [0.1, 0.15) is 16.6 Å². The zero-order valence-electron chi connectivity index (χ0n) is 23.1. The van der Waals surface area contributed by atoms with E-state index in [0.717, 1.165) is 17.0 Å². The van der Waals surface area contributed by atoms with Gasteiger partial charge in [-0.1, -0.05) is 42.6 Å². The van der Waals surface area contributed by atoms with E-state index in [0.29, 0.717) is 28.1 Å². The number of thiocarbonyl (C=S) groups is 1.